The van der Waals surface area contributed by atoms with Crippen LogP contribution in [0.25, 0.3) is 0 Å². The van der Waals surface area contributed by atoms with E-state index in [1.54, 1.807) is 36.4 Å². The van der Waals surface area contributed by atoms with Crippen molar-refractivity contribution in [2.45, 2.75) is 38.6 Å². The molecule has 0 aliphatic rings. The maximum Gasteiger partial charge on any atom is 0.323 e. The maximum atomic E-state index is 12.5. The number of benzene rings is 2. The van der Waals surface area contributed by atoms with E-state index in [0.29, 0.717) is 22.6 Å². The first-order chi connectivity index (χ1) is 19.1. The zero-order chi connectivity index (χ0) is 29.1. The Bertz CT molecular complexity index is 1370. The van der Waals surface area contributed by atoms with Gasteiger partial charge in [-0.2, -0.15) is 0 Å². The van der Waals surface area contributed by atoms with Gasteiger partial charge in [0.15, 0.2) is 0 Å². The van der Waals surface area contributed by atoms with Crippen LogP contribution in [0.5, 0.6) is 0 Å². The number of urea groups is 1. The van der Waals surface area contributed by atoms with Crippen LogP contribution in [-0.4, -0.2) is 39.8 Å². The predicted octanol–water partition coefficient (Wildman–Crippen LogP) is 3.11. The molecule has 0 radical (unpaired) electrons. The Kier molecular flexibility index (Phi) is 10.3. The van der Waals surface area contributed by atoms with E-state index in [9.17, 15) is 29.1 Å². The number of carbonyl (C=O) groups excluding carboxylic acids is 4. The molecule has 0 aliphatic heterocycles. The summed E-state index contributed by atoms with van der Waals surface area (Å²) in [6, 6.07) is 16.0. The Labute approximate surface area is 230 Å². The average Bonchev–Trinajstić information content (AvgIpc) is 2.90. The summed E-state index contributed by atoms with van der Waals surface area (Å²) < 4.78 is 0. The summed E-state index contributed by atoms with van der Waals surface area (Å²) >= 11 is 0. The molecule has 3 rings (SSSR count). The third-order valence-corrected chi connectivity index (χ3v) is 5.71. The Hall–Kier alpha value is -5.26. The average molecular weight is 547 g/mol. The summed E-state index contributed by atoms with van der Waals surface area (Å²) in [6.45, 7) is 1.90. The SMILES string of the molecule is Cc1ccccc1NC(=O)Nc1ccc(CC(=O)Nc2ccc(C(CC(=O)O)NC(=O)CCC(N)=O)nc2)cc1. The van der Waals surface area contributed by atoms with E-state index in [2.05, 4.69) is 26.3 Å². The Balaban J connectivity index is 1.52. The van der Waals surface area contributed by atoms with E-state index in [1.165, 1.54) is 12.3 Å². The summed E-state index contributed by atoms with van der Waals surface area (Å²) in [5, 5.41) is 20.0. The smallest absolute Gasteiger partial charge is 0.323 e. The molecule has 0 fully saturated rings. The largest absolute Gasteiger partial charge is 0.481 e. The fourth-order valence-electron chi connectivity index (χ4n) is 3.69. The van der Waals surface area contributed by atoms with Crippen LogP contribution < -0.4 is 27.0 Å². The number of amides is 5. The van der Waals surface area contributed by atoms with Crippen molar-refractivity contribution in [3.63, 3.8) is 0 Å². The van der Waals surface area contributed by atoms with Crippen molar-refractivity contribution in [1.29, 1.82) is 0 Å². The molecule has 12 heteroatoms. The maximum absolute atomic E-state index is 12.5. The molecule has 0 saturated heterocycles. The lowest BCUT2D eigenvalue weighted by atomic mass is 10.1. The number of para-hydroxylation sites is 1. The van der Waals surface area contributed by atoms with E-state index >= 15 is 0 Å². The van der Waals surface area contributed by atoms with Crippen LogP contribution in [0.2, 0.25) is 0 Å². The summed E-state index contributed by atoms with van der Waals surface area (Å²) in [5.74, 6) is -2.63. The Morgan fingerprint density at radius 3 is 2.17 bits per heavy atom. The zero-order valence-electron chi connectivity index (χ0n) is 21.8. The molecule has 5 amide bonds. The Morgan fingerprint density at radius 1 is 0.850 bits per heavy atom. The van der Waals surface area contributed by atoms with Crippen molar-refractivity contribution in [2.24, 2.45) is 5.73 Å². The minimum atomic E-state index is -1.15. The van der Waals surface area contributed by atoms with Crippen molar-refractivity contribution < 1.29 is 29.1 Å². The zero-order valence-corrected chi connectivity index (χ0v) is 21.8. The highest BCUT2D eigenvalue weighted by molar-refractivity contribution is 6.00. The molecule has 40 heavy (non-hydrogen) atoms. The lowest BCUT2D eigenvalue weighted by Crippen LogP contribution is -2.31. The molecule has 1 heterocycles. The van der Waals surface area contributed by atoms with Crippen LogP contribution in [-0.2, 0) is 25.6 Å². The van der Waals surface area contributed by atoms with Gasteiger partial charge < -0.3 is 32.1 Å². The summed E-state index contributed by atoms with van der Waals surface area (Å²) in [5.41, 5.74) is 8.63. The van der Waals surface area contributed by atoms with Gasteiger partial charge in [0.05, 0.1) is 36.5 Å². The van der Waals surface area contributed by atoms with Crippen LogP contribution in [0.4, 0.5) is 21.9 Å². The van der Waals surface area contributed by atoms with Gasteiger partial charge in [-0.05, 0) is 48.4 Å². The monoisotopic (exact) mass is 546 g/mol. The minimum Gasteiger partial charge on any atom is -0.481 e. The minimum absolute atomic E-state index is 0.0645. The molecule has 3 aromatic rings. The van der Waals surface area contributed by atoms with Gasteiger partial charge in [0.25, 0.3) is 0 Å². The number of carboxylic acids is 1. The molecule has 0 aliphatic carbocycles. The lowest BCUT2D eigenvalue weighted by Gasteiger charge is -2.17. The third-order valence-electron chi connectivity index (χ3n) is 5.71. The number of nitrogens with zero attached hydrogens (tertiary/aromatic N) is 1. The molecule has 0 saturated carbocycles. The van der Waals surface area contributed by atoms with Crippen LogP contribution in [0.1, 0.15) is 42.1 Å². The van der Waals surface area contributed by atoms with Crippen molar-refractivity contribution in [2.75, 3.05) is 16.0 Å². The number of hydrogen-bond acceptors (Lipinski definition) is 6. The van der Waals surface area contributed by atoms with Gasteiger partial charge >= 0.3 is 12.0 Å². The molecule has 0 spiro atoms. The molecule has 1 aromatic heterocycles. The lowest BCUT2D eigenvalue weighted by molar-refractivity contribution is -0.138. The number of carboxylic acid groups (broad SMARTS) is 1. The molecule has 2 aromatic carbocycles. The number of anilines is 3. The van der Waals surface area contributed by atoms with Crippen LogP contribution >= 0.6 is 0 Å². The number of aryl methyl sites for hydroxylation is 1. The van der Waals surface area contributed by atoms with Crippen molar-refractivity contribution >= 4 is 46.8 Å². The molecule has 7 N–H and O–H groups in total. The first kappa shape index (κ1) is 29.3. The van der Waals surface area contributed by atoms with Gasteiger partial charge in [-0.3, -0.25) is 24.2 Å². The van der Waals surface area contributed by atoms with E-state index in [4.69, 9.17) is 5.73 Å². The van der Waals surface area contributed by atoms with E-state index < -0.39 is 30.2 Å². The molecule has 1 atom stereocenters. The fraction of sp³-hybridized carbons (Fsp3) is 0.214. The highest BCUT2D eigenvalue weighted by Crippen LogP contribution is 2.18. The molecule has 208 valence electrons. The molecule has 1 unspecified atom stereocenters. The number of primary amides is 1. The summed E-state index contributed by atoms with van der Waals surface area (Å²) in [7, 11) is 0. The normalized spacial score (nSPS) is 11.1. The highest BCUT2D eigenvalue weighted by Gasteiger charge is 2.20. The number of nitrogens with one attached hydrogen (secondary N) is 4. The number of carbonyl (C=O) groups is 5. The van der Waals surface area contributed by atoms with Crippen molar-refractivity contribution in [1.82, 2.24) is 10.3 Å². The quantitative estimate of drug-likeness (QED) is 0.201. The number of pyridine rings is 1. The van der Waals surface area contributed by atoms with Gasteiger partial charge in [0.1, 0.15) is 0 Å². The number of nitrogens with two attached hydrogens (primary N) is 1. The van der Waals surface area contributed by atoms with Gasteiger partial charge in [-0.1, -0.05) is 30.3 Å². The Morgan fingerprint density at radius 2 is 1.55 bits per heavy atom. The molecular weight excluding hydrogens is 516 g/mol. The number of hydrogen-bond donors (Lipinski definition) is 6. The van der Waals surface area contributed by atoms with Gasteiger partial charge in [0, 0.05) is 24.2 Å². The first-order valence-electron chi connectivity index (χ1n) is 12.4. The van der Waals surface area contributed by atoms with Gasteiger partial charge in [-0.15, -0.1) is 0 Å². The van der Waals surface area contributed by atoms with Crippen LogP contribution in [0.15, 0.2) is 66.9 Å². The van der Waals surface area contributed by atoms with Crippen molar-refractivity contribution in [3.05, 3.63) is 83.7 Å². The highest BCUT2D eigenvalue weighted by atomic mass is 16.4. The van der Waals surface area contributed by atoms with E-state index in [0.717, 1.165) is 5.56 Å². The number of aromatic nitrogens is 1. The number of aliphatic carboxylic acids is 1. The standard InChI is InChI=1S/C28H30N6O6/c1-17-4-2-3-5-21(17)34-28(40)32-19-8-6-18(7-9-19)14-26(37)31-20-10-11-22(30-16-20)23(15-27(38)39)33-25(36)13-12-24(29)35/h2-11,16,23H,12-15H2,1H3,(H2,29,35)(H,31,37)(H,33,36)(H,38,39)(H2,32,34,40). The summed E-state index contributed by atoms with van der Waals surface area (Å²) in [4.78, 5) is 63.1. The third kappa shape index (κ3) is 9.56. The predicted molar refractivity (Wildman–Crippen MR) is 148 cm³/mol. The topological polar surface area (TPSA) is 193 Å². The fourth-order valence-corrected chi connectivity index (χ4v) is 3.69. The summed E-state index contributed by atoms with van der Waals surface area (Å²) in [6.07, 6.45) is 0.677. The van der Waals surface area contributed by atoms with Crippen LogP contribution in [0.3, 0.4) is 0 Å². The second kappa shape index (κ2) is 14.0. The van der Waals surface area contributed by atoms with E-state index in [1.807, 2.05) is 25.1 Å². The number of rotatable bonds is 12. The second-order valence-corrected chi connectivity index (χ2v) is 8.97. The molecule has 0 bridgehead atoms. The van der Waals surface area contributed by atoms with Crippen molar-refractivity contribution in [3.8, 4) is 0 Å². The van der Waals surface area contributed by atoms with E-state index in [-0.39, 0.29) is 36.9 Å². The van der Waals surface area contributed by atoms with Gasteiger partial charge in [-0.25, -0.2) is 4.79 Å². The van der Waals surface area contributed by atoms with Gasteiger partial charge in [0.2, 0.25) is 17.7 Å². The first-order valence-corrected chi connectivity index (χ1v) is 12.4. The second-order valence-electron chi connectivity index (χ2n) is 8.97. The molecule has 12 nitrogen and oxygen atoms in total. The van der Waals surface area contributed by atoms with Crippen LogP contribution in [0, 0.1) is 6.92 Å². The molecular formula is C28H30N6O6.